The van der Waals surface area contributed by atoms with Gasteiger partial charge < -0.3 is 9.47 Å². The molecule has 11 heteroatoms. The predicted octanol–water partition coefficient (Wildman–Crippen LogP) is 6.89. The van der Waals surface area contributed by atoms with Crippen LogP contribution < -0.4 is 19.6 Å². The summed E-state index contributed by atoms with van der Waals surface area (Å²) in [4.78, 5) is 32.1. The van der Waals surface area contributed by atoms with Gasteiger partial charge in [0.05, 0.1) is 46.1 Å². The highest BCUT2D eigenvalue weighted by Crippen LogP contribution is 2.33. The molecule has 0 fully saturated rings. The van der Waals surface area contributed by atoms with Crippen molar-refractivity contribution in [3.8, 4) is 5.75 Å². The molecule has 41 heavy (non-hydrogen) atoms. The number of benzene rings is 3. The molecule has 4 aromatic rings. The molecule has 6 nitrogen and oxygen atoms in total. The van der Waals surface area contributed by atoms with Crippen LogP contribution in [-0.2, 0) is 16.1 Å². The number of nitrogens with zero attached hydrogens (tertiary/aromatic N) is 2. The van der Waals surface area contributed by atoms with Crippen molar-refractivity contribution in [2.24, 2.45) is 4.99 Å². The summed E-state index contributed by atoms with van der Waals surface area (Å²) in [5.74, 6) is 0.254. The van der Waals surface area contributed by atoms with Gasteiger partial charge in [0.2, 0.25) is 0 Å². The van der Waals surface area contributed by atoms with Crippen molar-refractivity contribution in [3.63, 3.8) is 0 Å². The van der Waals surface area contributed by atoms with Gasteiger partial charge in [-0.15, -0.1) is 0 Å². The highest BCUT2D eigenvalue weighted by molar-refractivity contribution is 14.1. The van der Waals surface area contributed by atoms with Gasteiger partial charge in [-0.25, -0.2) is 9.79 Å². The van der Waals surface area contributed by atoms with Gasteiger partial charge in [0.25, 0.3) is 5.56 Å². The molecule has 3 aromatic carbocycles. The summed E-state index contributed by atoms with van der Waals surface area (Å²) in [6, 6.07) is 18.2. The molecule has 0 N–H and O–H groups in total. The van der Waals surface area contributed by atoms with Crippen molar-refractivity contribution < 1.29 is 14.3 Å². The summed E-state index contributed by atoms with van der Waals surface area (Å²) in [5.41, 5.74) is 3.35. The zero-order valence-electron chi connectivity index (χ0n) is 21.8. The first-order valence-electron chi connectivity index (χ1n) is 12.5. The SMILES string of the molecule is CCC1=C(C(=O)OC)[C@H](c2ccccc2)n2c(s/c(=C/c3cc(I)c(OCc4ccc(Cl)c(Cl)c4)c(I)c3)c2=O)=N1. The molecule has 2 heterocycles. The van der Waals surface area contributed by atoms with Crippen LogP contribution in [0.1, 0.15) is 36.1 Å². The first-order valence-corrected chi connectivity index (χ1v) is 16.2. The molecule has 1 atom stereocenters. The van der Waals surface area contributed by atoms with Crippen LogP contribution in [-0.4, -0.2) is 17.6 Å². The first-order chi connectivity index (χ1) is 19.7. The third kappa shape index (κ3) is 6.29. The maximum Gasteiger partial charge on any atom is 0.338 e. The van der Waals surface area contributed by atoms with Crippen molar-refractivity contribution in [2.45, 2.75) is 26.0 Å². The molecule has 0 amide bonds. The lowest BCUT2D eigenvalue weighted by molar-refractivity contribution is -0.136. The Kier molecular flexibility index (Phi) is 9.59. The second kappa shape index (κ2) is 13.0. The van der Waals surface area contributed by atoms with Gasteiger partial charge in [-0.05, 0) is 98.6 Å². The van der Waals surface area contributed by atoms with Gasteiger partial charge >= 0.3 is 5.97 Å². The Labute approximate surface area is 277 Å². The fraction of sp³-hybridized carbons (Fsp3) is 0.167. The largest absolute Gasteiger partial charge is 0.487 e. The van der Waals surface area contributed by atoms with Crippen LogP contribution in [0.5, 0.6) is 5.75 Å². The van der Waals surface area contributed by atoms with Crippen molar-refractivity contribution in [3.05, 3.63) is 125 Å². The summed E-state index contributed by atoms with van der Waals surface area (Å²) in [5, 5.41) is 0.977. The molecule has 0 saturated heterocycles. The summed E-state index contributed by atoms with van der Waals surface area (Å²) in [7, 11) is 1.34. The van der Waals surface area contributed by atoms with E-state index in [-0.39, 0.29) is 5.56 Å². The fourth-order valence-corrected chi connectivity index (χ4v) is 8.02. The highest BCUT2D eigenvalue weighted by Gasteiger charge is 2.33. The standard InChI is InChI=1S/C30H22Cl2I2N2O4S/c1-3-23-25(29(38)39-2)26(18-7-5-4-6-8-18)36-28(37)24(41-30(36)35-23)14-17-12-21(33)27(22(34)13-17)40-15-16-9-10-19(31)20(32)11-16/h4-14,26H,3,15H2,1-2H3/b24-14+/t26-/m0/s1. The fourth-order valence-electron chi connectivity index (χ4n) is 4.55. The number of carbonyl (C=O) groups excluding carboxylic acids is 1. The molecule has 5 rings (SSSR count). The summed E-state index contributed by atoms with van der Waals surface area (Å²) in [6.07, 6.45) is 2.38. The lowest BCUT2D eigenvalue weighted by Crippen LogP contribution is -2.40. The quantitative estimate of drug-likeness (QED) is 0.150. The number of thiazole rings is 1. The van der Waals surface area contributed by atoms with Crippen molar-refractivity contribution in [2.75, 3.05) is 7.11 Å². The first kappa shape index (κ1) is 30.3. The zero-order chi connectivity index (χ0) is 29.3. The number of hydrogen-bond donors (Lipinski definition) is 0. The number of rotatable bonds is 7. The normalized spacial score (nSPS) is 15.0. The number of carbonyl (C=O) groups is 1. The van der Waals surface area contributed by atoms with E-state index >= 15 is 0 Å². The van der Waals surface area contributed by atoms with Crippen molar-refractivity contribution in [1.29, 1.82) is 0 Å². The second-order valence-electron chi connectivity index (χ2n) is 9.05. The van der Waals surface area contributed by atoms with Gasteiger partial charge in [0.15, 0.2) is 4.80 Å². The lowest BCUT2D eigenvalue weighted by Gasteiger charge is -2.25. The molecule has 0 saturated carbocycles. The average molecular weight is 831 g/mol. The molecule has 0 aliphatic carbocycles. The van der Waals surface area contributed by atoms with Crippen molar-refractivity contribution >= 4 is 91.8 Å². The van der Waals surface area contributed by atoms with Crippen LogP contribution in [0.2, 0.25) is 10.0 Å². The molecule has 0 spiro atoms. The van der Waals surface area contributed by atoms with Gasteiger partial charge in [-0.1, -0.05) is 77.9 Å². The number of aromatic nitrogens is 1. The summed E-state index contributed by atoms with van der Waals surface area (Å²) in [6.45, 7) is 2.27. The maximum absolute atomic E-state index is 13.9. The Morgan fingerprint density at radius 1 is 1.07 bits per heavy atom. The molecule has 0 bridgehead atoms. The molecule has 1 aromatic heterocycles. The Balaban J connectivity index is 1.55. The minimum Gasteiger partial charge on any atom is -0.487 e. The number of methoxy groups -OCH3 is 1. The number of allylic oxidation sites excluding steroid dienone is 1. The number of halogens is 4. The van der Waals surface area contributed by atoms with E-state index in [1.54, 1.807) is 16.7 Å². The van der Waals surface area contributed by atoms with Gasteiger partial charge in [0, 0.05) is 0 Å². The monoisotopic (exact) mass is 830 g/mol. The minimum absolute atomic E-state index is 0.218. The molecule has 0 radical (unpaired) electrons. The summed E-state index contributed by atoms with van der Waals surface area (Å²) >= 11 is 17.9. The topological polar surface area (TPSA) is 69.9 Å². The van der Waals surface area contributed by atoms with Crippen LogP contribution in [0.15, 0.2) is 81.7 Å². The number of esters is 1. The van der Waals surface area contributed by atoms with E-state index in [4.69, 9.17) is 37.7 Å². The van der Waals surface area contributed by atoms with Crippen LogP contribution in [0.4, 0.5) is 0 Å². The molecule has 1 aliphatic heterocycles. The Bertz CT molecular complexity index is 1850. The van der Waals surface area contributed by atoms with Gasteiger partial charge in [-0.3, -0.25) is 9.36 Å². The van der Waals surface area contributed by atoms with E-state index in [2.05, 4.69) is 45.2 Å². The molecule has 0 unspecified atom stereocenters. The van der Waals surface area contributed by atoms with E-state index < -0.39 is 12.0 Å². The predicted molar refractivity (Wildman–Crippen MR) is 180 cm³/mol. The number of ether oxygens (including phenoxy) is 2. The molecular formula is C30H22Cl2I2N2O4S. The third-order valence-corrected chi connectivity index (χ3v) is 9.78. The van der Waals surface area contributed by atoms with E-state index in [0.717, 1.165) is 29.6 Å². The molecule has 1 aliphatic rings. The van der Waals surface area contributed by atoms with E-state index in [9.17, 15) is 9.59 Å². The Morgan fingerprint density at radius 3 is 2.41 bits per heavy atom. The number of fused-ring (bicyclic) bond motifs is 1. The second-order valence-corrected chi connectivity index (χ2v) is 13.2. The zero-order valence-corrected chi connectivity index (χ0v) is 28.4. The molecule has 210 valence electrons. The third-order valence-electron chi connectivity index (χ3n) is 6.45. The Hall–Kier alpha value is -2.19. The van der Waals surface area contributed by atoms with Crippen molar-refractivity contribution in [1.82, 2.24) is 4.57 Å². The summed E-state index contributed by atoms with van der Waals surface area (Å²) < 4.78 is 15.2. The van der Waals surface area contributed by atoms with E-state index in [1.807, 2.05) is 61.5 Å². The van der Waals surface area contributed by atoms with E-state index in [0.29, 0.717) is 43.7 Å². The minimum atomic E-state index is -0.630. The average Bonchev–Trinajstić information content (AvgIpc) is 3.27. The maximum atomic E-state index is 13.9. The van der Waals surface area contributed by atoms with Crippen LogP contribution >= 0.6 is 79.7 Å². The van der Waals surface area contributed by atoms with Gasteiger partial charge in [-0.2, -0.15) is 0 Å². The highest BCUT2D eigenvalue weighted by atomic mass is 127. The molecular weight excluding hydrogens is 809 g/mol. The van der Waals surface area contributed by atoms with Gasteiger partial charge in [0.1, 0.15) is 12.4 Å². The smallest absolute Gasteiger partial charge is 0.338 e. The van der Waals surface area contributed by atoms with E-state index in [1.165, 1.54) is 18.4 Å². The lowest BCUT2D eigenvalue weighted by atomic mass is 9.95. The van der Waals surface area contributed by atoms with Crippen LogP contribution in [0.25, 0.3) is 6.08 Å². The number of hydrogen-bond acceptors (Lipinski definition) is 6. The van der Waals surface area contributed by atoms with Crippen LogP contribution in [0.3, 0.4) is 0 Å². The van der Waals surface area contributed by atoms with Crippen LogP contribution in [0, 0.1) is 7.14 Å². The Morgan fingerprint density at radius 2 is 1.78 bits per heavy atom.